The van der Waals surface area contributed by atoms with Gasteiger partial charge in [-0.3, -0.25) is 0 Å². The van der Waals surface area contributed by atoms with Crippen LogP contribution in [0.15, 0.2) is 24.3 Å². The Morgan fingerprint density at radius 3 is 2.13 bits per heavy atom. The minimum absolute atomic E-state index is 0.671. The van der Waals surface area contributed by atoms with Crippen LogP contribution in [0.5, 0.6) is 0 Å². The summed E-state index contributed by atoms with van der Waals surface area (Å²) in [5.74, 6) is 1.36. The molecule has 1 nitrogen and oxygen atoms in total. The standard InChI is InChI=1S/C14H23N/c1-5-12(4)13-6-8-14(9-7-13)15-10-11(2)3/h6-9,11-12,15H,5,10H2,1-4H3. The number of rotatable bonds is 5. The Labute approximate surface area is 93.9 Å². The Hall–Kier alpha value is -0.980. The maximum Gasteiger partial charge on any atom is 0.0340 e. The lowest BCUT2D eigenvalue weighted by atomic mass is 9.98. The third-order valence-corrected chi connectivity index (χ3v) is 2.81. The van der Waals surface area contributed by atoms with Gasteiger partial charge in [-0.2, -0.15) is 0 Å². The van der Waals surface area contributed by atoms with E-state index in [4.69, 9.17) is 0 Å². The van der Waals surface area contributed by atoms with E-state index < -0.39 is 0 Å². The van der Waals surface area contributed by atoms with Gasteiger partial charge in [0.1, 0.15) is 0 Å². The van der Waals surface area contributed by atoms with Crippen LogP contribution in [0.1, 0.15) is 45.6 Å². The van der Waals surface area contributed by atoms with Crippen LogP contribution in [0.25, 0.3) is 0 Å². The lowest BCUT2D eigenvalue weighted by Crippen LogP contribution is -2.07. The largest absolute Gasteiger partial charge is 0.385 e. The molecule has 84 valence electrons. The van der Waals surface area contributed by atoms with E-state index in [0.29, 0.717) is 11.8 Å². The first kappa shape index (κ1) is 12.1. The van der Waals surface area contributed by atoms with E-state index in [1.807, 2.05) is 0 Å². The summed E-state index contributed by atoms with van der Waals surface area (Å²) in [6.07, 6.45) is 1.21. The summed E-state index contributed by atoms with van der Waals surface area (Å²) in [4.78, 5) is 0. The van der Waals surface area contributed by atoms with Gasteiger partial charge < -0.3 is 5.32 Å². The van der Waals surface area contributed by atoms with E-state index in [9.17, 15) is 0 Å². The maximum absolute atomic E-state index is 3.43. The molecule has 0 aliphatic heterocycles. The minimum atomic E-state index is 0.671. The quantitative estimate of drug-likeness (QED) is 0.757. The lowest BCUT2D eigenvalue weighted by molar-refractivity contribution is 0.688. The molecule has 1 rings (SSSR count). The molecule has 0 fully saturated rings. The third kappa shape index (κ3) is 3.94. The number of hydrogen-bond donors (Lipinski definition) is 1. The molecule has 0 aliphatic carbocycles. The van der Waals surface area contributed by atoms with Crippen molar-refractivity contribution in [3.05, 3.63) is 29.8 Å². The van der Waals surface area contributed by atoms with Crippen LogP contribution in [0, 0.1) is 5.92 Å². The highest BCUT2D eigenvalue weighted by Crippen LogP contribution is 2.20. The fourth-order valence-electron chi connectivity index (χ4n) is 1.49. The predicted octanol–water partition coefficient (Wildman–Crippen LogP) is 4.27. The van der Waals surface area contributed by atoms with Gasteiger partial charge in [-0.25, -0.2) is 0 Å². The van der Waals surface area contributed by atoms with Gasteiger partial charge in [0.05, 0.1) is 0 Å². The molecule has 0 amide bonds. The van der Waals surface area contributed by atoms with Gasteiger partial charge in [-0.15, -0.1) is 0 Å². The summed E-state index contributed by atoms with van der Waals surface area (Å²) < 4.78 is 0. The summed E-state index contributed by atoms with van der Waals surface area (Å²) in [5.41, 5.74) is 2.67. The van der Waals surface area contributed by atoms with Crippen molar-refractivity contribution in [2.75, 3.05) is 11.9 Å². The van der Waals surface area contributed by atoms with Crippen molar-refractivity contribution in [2.24, 2.45) is 5.92 Å². The SMILES string of the molecule is CCC(C)c1ccc(NCC(C)C)cc1. The number of benzene rings is 1. The van der Waals surface area contributed by atoms with Crippen molar-refractivity contribution < 1.29 is 0 Å². The van der Waals surface area contributed by atoms with E-state index >= 15 is 0 Å². The molecule has 0 aliphatic rings. The van der Waals surface area contributed by atoms with E-state index in [2.05, 4.69) is 57.3 Å². The van der Waals surface area contributed by atoms with Gasteiger partial charge in [0.2, 0.25) is 0 Å². The third-order valence-electron chi connectivity index (χ3n) is 2.81. The Morgan fingerprint density at radius 1 is 1.07 bits per heavy atom. The molecule has 0 bridgehead atoms. The highest BCUT2D eigenvalue weighted by molar-refractivity contribution is 5.45. The van der Waals surface area contributed by atoms with Crippen molar-refractivity contribution in [2.45, 2.75) is 40.0 Å². The van der Waals surface area contributed by atoms with Crippen LogP contribution in [0.4, 0.5) is 5.69 Å². The maximum atomic E-state index is 3.43. The molecule has 1 aromatic rings. The average Bonchev–Trinajstić information content (AvgIpc) is 2.26. The predicted molar refractivity (Wildman–Crippen MR) is 68.5 cm³/mol. The number of nitrogens with one attached hydrogen (secondary N) is 1. The summed E-state index contributed by atoms with van der Waals surface area (Å²) in [7, 11) is 0. The molecule has 1 heteroatoms. The molecule has 0 radical (unpaired) electrons. The van der Waals surface area contributed by atoms with Gasteiger partial charge in [0.15, 0.2) is 0 Å². The highest BCUT2D eigenvalue weighted by atomic mass is 14.9. The zero-order valence-electron chi connectivity index (χ0n) is 10.4. The Morgan fingerprint density at radius 2 is 1.67 bits per heavy atom. The zero-order chi connectivity index (χ0) is 11.3. The molecule has 15 heavy (non-hydrogen) atoms. The van der Waals surface area contributed by atoms with Crippen molar-refractivity contribution in [3.63, 3.8) is 0 Å². The molecule has 0 heterocycles. The molecule has 1 unspecified atom stereocenters. The topological polar surface area (TPSA) is 12.0 Å². The van der Waals surface area contributed by atoms with E-state index in [1.54, 1.807) is 0 Å². The van der Waals surface area contributed by atoms with Gasteiger partial charge in [-0.05, 0) is 36.0 Å². The van der Waals surface area contributed by atoms with E-state index in [-0.39, 0.29) is 0 Å². The van der Waals surface area contributed by atoms with Crippen molar-refractivity contribution >= 4 is 5.69 Å². The Balaban J connectivity index is 2.56. The monoisotopic (exact) mass is 205 g/mol. The Bertz CT molecular complexity index is 274. The molecule has 0 saturated heterocycles. The fourth-order valence-corrected chi connectivity index (χ4v) is 1.49. The molecule has 0 aromatic heterocycles. The van der Waals surface area contributed by atoms with E-state index in [0.717, 1.165) is 6.54 Å². The first-order chi connectivity index (χ1) is 7.13. The van der Waals surface area contributed by atoms with Gasteiger partial charge >= 0.3 is 0 Å². The normalized spacial score (nSPS) is 12.9. The number of hydrogen-bond acceptors (Lipinski definition) is 1. The minimum Gasteiger partial charge on any atom is -0.385 e. The molecule has 1 aromatic carbocycles. The fraction of sp³-hybridized carbons (Fsp3) is 0.571. The molecular formula is C14H23N. The first-order valence-corrected chi connectivity index (χ1v) is 5.97. The van der Waals surface area contributed by atoms with Crippen molar-refractivity contribution in [1.82, 2.24) is 0 Å². The Kier molecular flexibility index (Phi) is 4.67. The van der Waals surface area contributed by atoms with Crippen LogP contribution < -0.4 is 5.32 Å². The second-order valence-electron chi connectivity index (χ2n) is 4.71. The number of anilines is 1. The van der Waals surface area contributed by atoms with Crippen molar-refractivity contribution in [3.8, 4) is 0 Å². The van der Waals surface area contributed by atoms with Crippen LogP contribution in [-0.2, 0) is 0 Å². The molecule has 1 N–H and O–H groups in total. The first-order valence-electron chi connectivity index (χ1n) is 5.97. The van der Waals surface area contributed by atoms with Crippen LogP contribution >= 0.6 is 0 Å². The average molecular weight is 205 g/mol. The summed E-state index contributed by atoms with van der Waals surface area (Å²) in [6.45, 7) is 10.00. The zero-order valence-corrected chi connectivity index (χ0v) is 10.4. The molecule has 0 spiro atoms. The lowest BCUT2D eigenvalue weighted by Gasteiger charge is -2.12. The van der Waals surface area contributed by atoms with Crippen LogP contribution in [0.2, 0.25) is 0 Å². The van der Waals surface area contributed by atoms with E-state index in [1.165, 1.54) is 17.7 Å². The highest BCUT2D eigenvalue weighted by Gasteiger charge is 2.02. The molecular weight excluding hydrogens is 182 g/mol. The summed E-state index contributed by atoms with van der Waals surface area (Å²) in [5, 5.41) is 3.43. The molecule has 1 atom stereocenters. The van der Waals surface area contributed by atoms with Crippen molar-refractivity contribution in [1.29, 1.82) is 0 Å². The van der Waals surface area contributed by atoms with Crippen LogP contribution in [0.3, 0.4) is 0 Å². The van der Waals surface area contributed by atoms with Gasteiger partial charge in [0.25, 0.3) is 0 Å². The van der Waals surface area contributed by atoms with Crippen LogP contribution in [-0.4, -0.2) is 6.54 Å². The smallest absolute Gasteiger partial charge is 0.0340 e. The summed E-state index contributed by atoms with van der Waals surface area (Å²) in [6, 6.07) is 8.83. The molecule has 0 saturated carbocycles. The summed E-state index contributed by atoms with van der Waals surface area (Å²) >= 11 is 0. The van der Waals surface area contributed by atoms with Gasteiger partial charge in [-0.1, -0.05) is 39.8 Å². The second-order valence-corrected chi connectivity index (χ2v) is 4.71. The van der Waals surface area contributed by atoms with Gasteiger partial charge in [0, 0.05) is 12.2 Å². The second kappa shape index (κ2) is 5.79.